The van der Waals surface area contributed by atoms with Crippen molar-refractivity contribution in [3.8, 4) is 0 Å². The van der Waals surface area contributed by atoms with Gasteiger partial charge in [-0.15, -0.1) is 22.7 Å². The maximum atomic E-state index is 12.9. The van der Waals surface area contributed by atoms with E-state index in [0.717, 1.165) is 29.1 Å². The number of thiophene rings is 2. The van der Waals surface area contributed by atoms with Crippen molar-refractivity contribution in [2.24, 2.45) is 0 Å². The number of nitrogens with one attached hydrogen (secondary N) is 1. The summed E-state index contributed by atoms with van der Waals surface area (Å²) >= 11 is 2.81. The van der Waals surface area contributed by atoms with E-state index in [1.165, 1.54) is 0 Å². The maximum Gasteiger partial charge on any atom is 0.271 e. The van der Waals surface area contributed by atoms with Crippen LogP contribution in [0.15, 0.2) is 63.5 Å². The van der Waals surface area contributed by atoms with Gasteiger partial charge in [-0.25, -0.2) is 8.42 Å². The number of hydrogen-bond acceptors (Lipinski definition) is 5. The lowest BCUT2D eigenvalue weighted by atomic mass is 10.1. The van der Waals surface area contributed by atoms with Crippen molar-refractivity contribution in [1.82, 2.24) is 4.90 Å². The molecule has 0 spiro atoms. The van der Waals surface area contributed by atoms with Gasteiger partial charge in [0.1, 0.15) is 4.21 Å². The van der Waals surface area contributed by atoms with Crippen LogP contribution in [-0.4, -0.2) is 25.3 Å². The summed E-state index contributed by atoms with van der Waals surface area (Å²) in [5, 5.41) is 3.73. The van der Waals surface area contributed by atoms with E-state index >= 15 is 0 Å². The first-order chi connectivity index (χ1) is 13.0. The SMILES string of the molecule is O=C(c1ccc(NS(=O)(=O)c2cccs2)cc1)N(Cc1cccs1)C1CC1. The van der Waals surface area contributed by atoms with Crippen molar-refractivity contribution in [2.75, 3.05) is 4.72 Å². The van der Waals surface area contributed by atoms with Crippen LogP contribution in [0.5, 0.6) is 0 Å². The molecule has 0 aliphatic heterocycles. The number of benzene rings is 1. The molecule has 0 saturated heterocycles. The Hall–Kier alpha value is -2.16. The highest BCUT2D eigenvalue weighted by Crippen LogP contribution is 2.31. The van der Waals surface area contributed by atoms with E-state index in [4.69, 9.17) is 0 Å². The quantitative estimate of drug-likeness (QED) is 0.618. The van der Waals surface area contributed by atoms with Crippen molar-refractivity contribution in [3.05, 3.63) is 69.7 Å². The largest absolute Gasteiger partial charge is 0.331 e. The molecule has 0 unspecified atom stereocenters. The molecule has 5 nitrogen and oxygen atoms in total. The van der Waals surface area contributed by atoms with E-state index in [1.54, 1.807) is 53.1 Å². The fraction of sp³-hybridized carbons (Fsp3) is 0.211. The number of hydrogen-bond donors (Lipinski definition) is 1. The molecule has 1 saturated carbocycles. The summed E-state index contributed by atoms with van der Waals surface area (Å²) in [5.74, 6) is -0.0152. The second-order valence-corrected chi connectivity index (χ2v) is 10.2. The second-order valence-electron chi connectivity index (χ2n) is 6.36. The fourth-order valence-electron chi connectivity index (χ4n) is 2.79. The molecule has 1 fully saturated rings. The molecule has 0 radical (unpaired) electrons. The van der Waals surface area contributed by atoms with Crippen LogP contribution < -0.4 is 4.72 Å². The van der Waals surface area contributed by atoms with Crippen LogP contribution >= 0.6 is 22.7 Å². The normalized spacial score (nSPS) is 14.1. The number of rotatable bonds is 7. The molecule has 1 aliphatic carbocycles. The first kappa shape index (κ1) is 18.2. The van der Waals surface area contributed by atoms with E-state index in [0.29, 0.717) is 23.8 Å². The van der Waals surface area contributed by atoms with Crippen molar-refractivity contribution >= 4 is 44.3 Å². The van der Waals surface area contributed by atoms with Gasteiger partial charge in [0.2, 0.25) is 0 Å². The van der Waals surface area contributed by atoms with Crippen LogP contribution in [-0.2, 0) is 16.6 Å². The molecule has 0 bridgehead atoms. The third kappa shape index (κ3) is 4.23. The molecule has 1 N–H and O–H groups in total. The zero-order chi connectivity index (χ0) is 18.9. The van der Waals surface area contributed by atoms with Gasteiger partial charge in [0.15, 0.2) is 0 Å². The minimum atomic E-state index is -3.58. The Labute approximate surface area is 166 Å². The highest BCUT2D eigenvalue weighted by Gasteiger charge is 2.33. The van der Waals surface area contributed by atoms with Gasteiger partial charge in [-0.3, -0.25) is 9.52 Å². The Balaban J connectivity index is 1.48. The molecule has 3 aromatic rings. The van der Waals surface area contributed by atoms with Crippen LogP contribution in [0.2, 0.25) is 0 Å². The highest BCUT2D eigenvalue weighted by atomic mass is 32.2. The highest BCUT2D eigenvalue weighted by molar-refractivity contribution is 7.94. The Kier molecular flexibility index (Phi) is 5.03. The van der Waals surface area contributed by atoms with Gasteiger partial charge < -0.3 is 4.90 Å². The van der Waals surface area contributed by atoms with Gasteiger partial charge in [0.05, 0.1) is 6.54 Å². The smallest absolute Gasteiger partial charge is 0.271 e. The number of anilines is 1. The van der Waals surface area contributed by atoms with E-state index in [9.17, 15) is 13.2 Å². The lowest BCUT2D eigenvalue weighted by Crippen LogP contribution is -2.32. The monoisotopic (exact) mass is 418 g/mol. The predicted octanol–water partition coefficient (Wildman–Crippen LogP) is 4.42. The van der Waals surface area contributed by atoms with Gasteiger partial charge in [-0.05, 0) is 60.0 Å². The van der Waals surface area contributed by atoms with Crippen molar-refractivity contribution in [3.63, 3.8) is 0 Å². The first-order valence-corrected chi connectivity index (χ1v) is 11.8. The van der Waals surface area contributed by atoms with Crippen LogP contribution in [0, 0.1) is 0 Å². The van der Waals surface area contributed by atoms with E-state index in [-0.39, 0.29) is 10.1 Å². The molecule has 2 aromatic heterocycles. The molecule has 0 atom stereocenters. The summed E-state index contributed by atoms with van der Waals surface area (Å²) in [6.07, 6.45) is 2.08. The standard InChI is InChI=1S/C19H18N2O3S3/c22-19(21(16-9-10-16)13-17-3-1-11-25-17)14-5-7-15(8-6-14)20-27(23,24)18-4-2-12-26-18/h1-8,11-12,16,20H,9-10,13H2. The minimum absolute atomic E-state index is 0.0152. The Morgan fingerprint density at radius 2 is 1.74 bits per heavy atom. The number of carbonyl (C=O) groups excluding carboxylic acids is 1. The number of sulfonamides is 1. The lowest BCUT2D eigenvalue weighted by Gasteiger charge is -2.22. The van der Waals surface area contributed by atoms with E-state index in [1.807, 2.05) is 22.4 Å². The number of carbonyl (C=O) groups is 1. The molecule has 1 amide bonds. The molecular formula is C19H18N2O3S3. The van der Waals surface area contributed by atoms with Crippen molar-refractivity contribution < 1.29 is 13.2 Å². The van der Waals surface area contributed by atoms with Crippen LogP contribution in [0.4, 0.5) is 5.69 Å². The zero-order valence-corrected chi connectivity index (χ0v) is 16.8. The van der Waals surface area contributed by atoms with Gasteiger partial charge >= 0.3 is 0 Å². The second kappa shape index (κ2) is 7.46. The van der Waals surface area contributed by atoms with Gasteiger partial charge in [0.25, 0.3) is 15.9 Å². The van der Waals surface area contributed by atoms with Gasteiger partial charge in [0, 0.05) is 22.2 Å². The zero-order valence-electron chi connectivity index (χ0n) is 14.4. The maximum absolute atomic E-state index is 12.9. The summed E-state index contributed by atoms with van der Waals surface area (Å²) < 4.78 is 27.4. The summed E-state index contributed by atoms with van der Waals surface area (Å²) in [4.78, 5) is 16.0. The molecule has 1 aliphatic rings. The number of nitrogens with zero attached hydrogens (tertiary/aromatic N) is 1. The van der Waals surface area contributed by atoms with Crippen LogP contribution in [0.1, 0.15) is 28.1 Å². The first-order valence-electron chi connectivity index (χ1n) is 8.53. The Bertz CT molecular complexity index is 1010. The average molecular weight is 419 g/mol. The molecule has 27 heavy (non-hydrogen) atoms. The van der Waals surface area contributed by atoms with E-state index in [2.05, 4.69) is 4.72 Å². The summed E-state index contributed by atoms with van der Waals surface area (Å²) in [6.45, 7) is 0.619. The Morgan fingerprint density at radius 3 is 2.33 bits per heavy atom. The summed E-state index contributed by atoms with van der Waals surface area (Å²) in [5.41, 5.74) is 1.01. The average Bonchev–Trinajstić information content (AvgIpc) is 3.13. The molecule has 140 valence electrons. The molecule has 8 heteroatoms. The minimum Gasteiger partial charge on any atom is -0.331 e. The summed E-state index contributed by atoms with van der Waals surface area (Å²) in [7, 11) is -3.58. The van der Waals surface area contributed by atoms with Gasteiger partial charge in [-0.1, -0.05) is 12.1 Å². The lowest BCUT2D eigenvalue weighted by molar-refractivity contribution is 0.0731. The van der Waals surface area contributed by atoms with Gasteiger partial charge in [-0.2, -0.15) is 0 Å². The van der Waals surface area contributed by atoms with Crippen LogP contribution in [0.3, 0.4) is 0 Å². The van der Waals surface area contributed by atoms with E-state index < -0.39 is 10.0 Å². The van der Waals surface area contributed by atoms with Crippen LogP contribution in [0.25, 0.3) is 0 Å². The van der Waals surface area contributed by atoms with Crippen molar-refractivity contribution in [2.45, 2.75) is 29.6 Å². The molecule has 4 rings (SSSR count). The summed E-state index contributed by atoms with van der Waals surface area (Å²) in [6, 6.07) is 14.2. The third-order valence-corrected chi connectivity index (χ3v) is 7.94. The molecule has 1 aromatic carbocycles. The predicted molar refractivity (Wildman–Crippen MR) is 109 cm³/mol. The molecular weight excluding hydrogens is 400 g/mol. The fourth-order valence-corrected chi connectivity index (χ4v) is 5.55. The Morgan fingerprint density at radius 1 is 1.04 bits per heavy atom. The van der Waals surface area contributed by atoms with Crippen molar-refractivity contribution in [1.29, 1.82) is 0 Å². The molecule has 2 heterocycles. The third-order valence-electron chi connectivity index (χ3n) is 4.30. The number of amides is 1. The topological polar surface area (TPSA) is 66.5 Å².